The van der Waals surface area contributed by atoms with E-state index in [9.17, 15) is 9.59 Å². The van der Waals surface area contributed by atoms with Crippen LogP contribution >= 0.6 is 0 Å². The van der Waals surface area contributed by atoms with Crippen molar-refractivity contribution in [1.29, 1.82) is 0 Å². The Morgan fingerprint density at radius 1 is 0.933 bits per heavy atom. The number of dihydropyridines is 1. The van der Waals surface area contributed by atoms with E-state index in [1.165, 1.54) is 0 Å². The van der Waals surface area contributed by atoms with E-state index in [1.807, 2.05) is 18.2 Å². The molecule has 1 aliphatic rings. The van der Waals surface area contributed by atoms with Crippen molar-refractivity contribution in [2.75, 3.05) is 0 Å². The fourth-order valence-electron chi connectivity index (χ4n) is 3.34. The highest BCUT2D eigenvalue weighted by Crippen LogP contribution is 2.40. The third kappa shape index (κ3) is 5.54. The highest BCUT2D eigenvalue weighted by molar-refractivity contribution is 6.00. The molecule has 1 aliphatic heterocycles. The first-order chi connectivity index (χ1) is 13.7. The van der Waals surface area contributed by atoms with Crippen LogP contribution in [0.25, 0.3) is 0 Å². The molecule has 0 saturated heterocycles. The van der Waals surface area contributed by atoms with E-state index < -0.39 is 29.1 Å². The number of carbonyl (C=O) groups is 2. The lowest BCUT2D eigenvalue weighted by atomic mass is 9.80. The van der Waals surface area contributed by atoms with Gasteiger partial charge in [0, 0.05) is 17.0 Å². The van der Waals surface area contributed by atoms with Crippen molar-refractivity contribution in [1.82, 2.24) is 5.32 Å². The number of nitrogens with one attached hydrogen (secondary N) is 1. The highest BCUT2D eigenvalue weighted by Gasteiger charge is 2.40. The van der Waals surface area contributed by atoms with Gasteiger partial charge in [0.15, 0.2) is 0 Å². The van der Waals surface area contributed by atoms with Gasteiger partial charge in [-0.25, -0.2) is 9.59 Å². The minimum atomic E-state index is -0.683. The van der Waals surface area contributed by atoms with Crippen molar-refractivity contribution in [3.63, 3.8) is 0 Å². The van der Waals surface area contributed by atoms with Gasteiger partial charge in [0.1, 0.15) is 11.2 Å². The molecular formula is C25H31NO4. The van der Waals surface area contributed by atoms with Crippen LogP contribution in [0, 0.1) is 12.3 Å². The van der Waals surface area contributed by atoms with Gasteiger partial charge in [0.2, 0.25) is 0 Å². The highest BCUT2D eigenvalue weighted by atomic mass is 16.6. The summed E-state index contributed by atoms with van der Waals surface area (Å²) in [5.74, 6) is 0.973. The number of rotatable bonds is 3. The van der Waals surface area contributed by atoms with Gasteiger partial charge in [-0.05, 0) is 73.1 Å². The van der Waals surface area contributed by atoms with Crippen molar-refractivity contribution in [3.05, 3.63) is 57.9 Å². The van der Waals surface area contributed by atoms with E-state index in [-0.39, 0.29) is 0 Å². The van der Waals surface area contributed by atoms with Crippen LogP contribution in [0.4, 0.5) is 0 Å². The number of benzene rings is 1. The molecule has 1 N–H and O–H groups in total. The second kappa shape index (κ2) is 8.39. The van der Waals surface area contributed by atoms with Crippen molar-refractivity contribution >= 4 is 11.9 Å². The normalized spacial score (nSPS) is 15.4. The van der Waals surface area contributed by atoms with Crippen molar-refractivity contribution < 1.29 is 19.1 Å². The summed E-state index contributed by atoms with van der Waals surface area (Å²) in [5, 5.41) is 3.16. The summed E-state index contributed by atoms with van der Waals surface area (Å²) in [6, 6.07) is 7.28. The fourth-order valence-corrected chi connectivity index (χ4v) is 3.34. The average molecular weight is 410 g/mol. The quantitative estimate of drug-likeness (QED) is 0.584. The van der Waals surface area contributed by atoms with Crippen LogP contribution < -0.4 is 5.32 Å². The maximum absolute atomic E-state index is 13.2. The molecule has 1 heterocycles. The number of hydrogen-bond donors (Lipinski definition) is 1. The van der Waals surface area contributed by atoms with Gasteiger partial charge in [-0.15, -0.1) is 6.42 Å². The van der Waals surface area contributed by atoms with Gasteiger partial charge in [0.05, 0.1) is 17.1 Å². The molecule has 1 aromatic rings. The molecule has 5 heteroatoms. The molecule has 0 saturated carbocycles. The number of carbonyl (C=O) groups excluding carboxylic acids is 2. The first-order valence-corrected chi connectivity index (χ1v) is 9.95. The Labute approximate surface area is 179 Å². The molecule has 2 rings (SSSR count). The molecule has 0 aliphatic carbocycles. The van der Waals surface area contributed by atoms with E-state index in [1.54, 1.807) is 61.5 Å². The van der Waals surface area contributed by atoms with Gasteiger partial charge in [0.25, 0.3) is 0 Å². The first kappa shape index (κ1) is 23.3. The third-order valence-corrected chi connectivity index (χ3v) is 4.38. The molecule has 0 atom stereocenters. The monoisotopic (exact) mass is 409 g/mol. The van der Waals surface area contributed by atoms with Crippen LogP contribution in [0.15, 0.2) is 46.8 Å². The Bertz CT molecular complexity index is 912. The second-order valence-electron chi connectivity index (χ2n) is 9.41. The van der Waals surface area contributed by atoms with Crippen LogP contribution in [0.2, 0.25) is 0 Å². The molecule has 0 unspecified atom stereocenters. The van der Waals surface area contributed by atoms with Crippen molar-refractivity contribution in [2.45, 2.75) is 72.5 Å². The Balaban J connectivity index is 2.68. The second-order valence-corrected chi connectivity index (χ2v) is 9.41. The largest absolute Gasteiger partial charge is 0.457 e. The Hall–Kier alpha value is -3.00. The lowest BCUT2D eigenvalue weighted by Gasteiger charge is -2.33. The molecular weight excluding hydrogens is 378 g/mol. The minimum Gasteiger partial charge on any atom is -0.457 e. The minimum absolute atomic E-state index is 0.366. The summed E-state index contributed by atoms with van der Waals surface area (Å²) >= 11 is 0. The number of hydrogen-bond acceptors (Lipinski definition) is 5. The van der Waals surface area contributed by atoms with Crippen LogP contribution in [-0.2, 0) is 19.1 Å². The van der Waals surface area contributed by atoms with Crippen molar-refractivity contribution in [2.24, 2.45) is 0 Å². The SMILES string of the molecule is C#Cc1cccc(C2C(C(=O)OC(C)(C)C)=C(C)NC(C)=C2C(=O)OC(C)(C)C)c1. The molecule has 0 aromatic heterocycles. The summed E-state index contributed by atoms with van der Waals surface area (Å²) in [4.78, 5) is 26.4. The molecule has 1 aromatic carbocycles. The van der Waals surface area contributed by atoms with E-state index in [0.29, 0.717) is 28.1 Å². The summed E-state index contributed by atoms with van der Waals surface area (Å²) in [6.45, 7) is 14.4. The van der Waals surface area contributed by atoms with E-state index in [4.69, 9.17) is 15.9 Å². The van der Waals surface area contributed by atoms with Crippen LogP contribution in [0.3, 0.4) is 0 Å². The summed E-state index contributed by atoms with van der Waals surface area (Å²) in [7, 11) is 0. The van der Waals surface area contributed by atoms with E-state index in [0.717, 1.165) is 5.56 Å². The predicted molar refractivity (Wildman–Crippen MR) is 117 cm³/mol. The fraction of sp³-hybridized carbons (Fsp3) is 0.440. The summed E-state index contributed by atoms with van der Waals surface area (Å²) < 4.78 is 11.3. The summed E-state index contributed by atoms with van der Waals surface area (Å²) in [5.41, 5.74) is 2.02. The molecule has 0 radical (unpaired) electrons. The number of ether oxygens (including phenoxy) is 2. The van der Waals surface area contributed by atoms with E-state index in [2.05, 4.69) is 11.2 Å². The molecule has 160 valence electrons. The standard InChI is InChI=1S/C25H31NO4/c1-10-17-12-11-13-18(14-17)21-19(22(27)29-24(4,5)6)15(2)26-16(3)20(21)23(28)30-25(7,8)9/h1,11-14,21,26H,2-9H3. The van der Waals surface area contributed by atoms with E-state index >= 15 is 0 Å². The number of esters is 2. The molecule has 5 nitrogen and oxygen atoms in total. The summed E-state index contributed by atoms with van der Waals surface area (Å²) in [6.07, 6.45) is 5.59. The van der Waals surface area contributed by atoms with Gasteiger partial charge in [-0.2, -0.15) is 0 Å². The van der Waals surface area contributed by atoms with Gasteiger partial charge >= 0.3 is 11.9 Å². The lowest BCUT2D eigenvalue weighted by Crippen LogP contribution is -2.36. The Morgan fingerprint density at radius 2 is 1.40 bits per heavy atom. The van der Waals surface area contributed by atoms with Crippen molar-refractivity contribution in [3.8, 4) is 12.3 Å². The smallest absolute Gasteiger partial charge is 0.337 e. The zero-order chi connectivity index (χ0) is 22.9. The Morgan fingerprint density at radius 3 is 1.80 bits per heavy atom. The third-order valence-electron chi connectivity index (χ3n) is 4.38. The molecule has 0 spiro atoms. The lowest BCUT2D eigenvalue weighted by molar-refractivity contribution is -0.150. The zero-order valence-corrected chi connectivity index (χ0v) is 19.1. The van der Waals surface area contributed by atoms with Gasteiger partial charge in [-0.3, -0.25) is 0 Å². The molecule has 0 bridgehead atoms. The maximum Gasteiger partial charge on any atom is 0.337 e. The number of allylic oxidation sites excluding steroid dienone is 2. The average Bonchev–Trinajstić information content (AvgIpc) is 2.57. The zero-order valence-electron chi connectivity index (χ0n) is 19.1. The van der Waals surface area contributed by atoms with Crippen LogP contribution in [0.5, 0.6) is 0 Å². The maximum atomic E-state index is 13.2. The molecule has 0 fully saturated rings. The van der Waals surface area contributed by atoms with Crippen LogP contribution in [-0.4, -0.2) is 23.1 Å². The van der Waals surface area contributed by atoms with Gasteiger partial charge in [-0.1, -0.05) is 18.1 Å². The number of terminal acetylenes is 1. The van der Waals surface area contributed by atoms with Crippen LogP contribution in [0.1, 0.15) is 72.4 Å². The molecule has 30 heavy (non-hydrogen) atoms. The Kier molecular flexibility index (Phi) is 6.51. The predicted octanol–water partition coefficient (Wildman–Crippen LogP) is 4.59. The first-order valence-electron chi connectivity index (χ1n) is 9.95. The molecule has 0 amide bonds. The van der Waals surface area contributed by atoms with Gasteiger partial charge < -0.3 is 14.8 Å². The topological polar surface area (TPSA) is 64.6 Å².